The molecule has 1 atom stereocenters. The zero-order valence-corrected chi connectivity index (χ0v) is 10.6. The first-order valence-corrected chi connectivity index (χ1v) is 6.07. The summed E-state index contributed by atoms with van der Waals surface area (Å²) in [6.07, 6.45) is -2.53. The van der Waals surface area contributed by atoms with Gasteiger partial charge < -0.3 is 11.1 Å². The monoisotopic (exact) mass is 276 g/mol. The van der Waals surface area contributed by atoms with Crippen LogP contribution in [0.5, 0.6) is 0 Å². The largest absolute Gasteiger partial charge is 0.370 e. The van der Waals surface area contributed by atoms with Crippen LogP contribution in [0.4, 0.5) is 14.5 Å². The lowest BCUT2D eigenvalue weighted by molar-refractivity contribution is -0.118. The maximum absolute atomic E-state index is 12.5. The number of nitrogens with one attached hydrogen (secondary N) is 1. The Labute approximate surface area is 115 Å². The van der Waals surface area contributed by atoms with Crippen LogP contribution in [0.3, 0.4) is 0 Å². The third kappa shape index (κ3) is 3.32. The van der Waals surface area contributed by atoms with Crippen molar-refractivity contribution in [1.29, 1.82) is 0 Å². The van der Waals surface area contributed by atoms with Crippen molar-refractivity contribution in [3.8, 4) is 0 Å². The Hall–Kier alpha value is -2.43. The SMILES string of the molecule is NC(=O)C(Nc1ccccc1)c1ccc(C(F)F)cc1. The van der Waals surface area contributed by atoms with E-state index in [-0.39, 0.29) is 5.56 Å². The number of hydrogen-bond acceptors (Lipinski definition) is 2. The highest BCUT2D eigenvalue weighted by molar-refractivity contribution is 5.84. The molecule has 0 heterocycles. The van der Waals surface area contributed by atoms with Gasteiger partial charge >= 0.3 is 0 Å². The fraction of sp³-hybridized carbons (Fsp3) is 0.133. The van der Waals surface area contributed by atoms with Gasteiger partial charge in [0.2, 0.25) is 5.91 Å². The van der Waals surface area contributed by atoms with Gasteiger partial charge in [-0.3, -0.25) is 4.79 Å². The molecule has 2 aromatic carbocycles. The molecule has 0 aromatic heterocycles. The molecule has 0 bridgehead atoms. The van der Waals surface area contributed by atoms with Gasteiger partial charge in [0.05, 0.1) is 0 Å². The normalized spacial score (nSPS) is 12.2. The summed E-state index contributed by atoms with van der Waals surface area (Å²) >= 11 is 0. The first-order valence-electron chi connectivity index (χ1n) is 6.07. The predicted octanol–water partition coefficient (Wildman–Crippen LogP) is 3.26. The van der Waals surface area contributed by atoms with Gasteiger partial charge in [0.15, 0.2) is 0 Å². The quantitative estimate of drug-likeness (QED) is 0.880. The lowest BCUT2D eigenvalue weighted by atomic mass is 10.0. The zero-order chi connectivity index (χ0) is 14.5. The Kier molecular flexibility index (Phi) is 4.30. The molecular weight excluding hydrogens is 262 g/mol. The average molecular weight is 276 g/mol. The van der Waals surface area contributed by atoms with E-state index in [2.05, 4.69) is 5.32 Å². The molecule has 0 saturated heterocycles. The van der Waals surface area contributed by atoms with Gasteiger partial charge in [-0.25, -0.2) is 8.78 Å². The first-order chi connectivity index (χ1) is 9.58. The lowest BCUT2D eigenvalue weighted by Gasteiger charge is -2.17. The Morgan fingerprint density at radius 3 is 2.00 bits per heavy atom. The molecule has 1 amide bonds. The molecule has 3 N–H and O–H groups in total. The number of amides is 1. The lowest BCUT2D eigenvalue weighted by Crippen LogP contribution is -2.27. The first kappa shape index (κ1) is 14.0. The number of benzene rings is 2. The van der Waals surface area contributed by atoms with Crippen LogP contribution in [0.25, 0.3) is 0 Å². The zero-order valence-electron chi connectivity index (χ0n) is 10.6. The summed E-state index contributed by atoms with van der Waals surface area (Å²) in [5.74, 6) is -0.571. The van der Waals surface area contributed by atoms with Gasteiger partial charge in [-0.2, -0.15) is 0 Å². The standard InChI is InChI=1S/C15H14F2N2O/c16-14(17)11-8-6-10(7-9-11)13(15(18)20)19-12-4-2-1-3-5-12/h1-9,13-14,19H,(H2,18,20). The maximum atomic E-state index is 12.5. The van der Waals surface area contributed by atoms with Crippen molar-refractivity contribution in [2.75, 3.05) is 5.32 Å². The van der Waals surface area contributed by atoms with Gasteiger partial charge in [-0.15, -0.1) is 0 Å². The van der Waals surface area contributed by atoms with Crippen molar-refractivity contribution >= 4 is 11.6 Å². The van der Waals surface area contributed by atoms with E-state index in [1.165, 1.54) is 24.3 Å². The smallest absolute Gasteiger partial charge is 0.263 e. The summed E-state index contributed by atoms with van der Waals surface area (Å²) in [4.78, 5) is 11.5. The fourth-order valence-corrected chi connectivity index (χ4v) is 1.85. The van der Waals surface area contributed by atoms with E-state index in [1.807, 2.05) is 18.2 Å². The second kappa shape index (κ2) is 6.14. The van der Waals surface area contributed by atoms with E-state index in [4.69, 9.17) is 5.73 Å². The van der Waals surface area contributed by atoms with Crippen molar-refractivity contribution < 1.29 is 13.6 Å². The predicted molar refractivity (Wildman–Crippen MR) is 73.4 cm³/mol. The Morgan fingerprint density at radius 2 is 1.50 bits per heavy atom. The van der Waals surface area contributed by atoms with Crippen molar-refractivity contribution in [2.45, 2.75) is 12.5 Å². The van der Waals surface area contributed by atoms with E-state index < -0.39 is 18.4 Å². The maximum Gasteiger partial charge on any atom is 0.263 e. The number of carbonyl (C=O) groups is 1. The molecule has 0 aliphatic rings. The van der Waals surface area contributed by atoms with Crippen LogP contribution < -0.4 is 11.1 Å². The van der Waals surface area contributed by atoms with Crippen LogP contribution >= 0.6 is 0 Å². The van der Waals surface area contributed by atoms with Gasteiger partial charge in [0.25, 0.3) is 6.43 Å². The van der Waals surface area contributed by atoms with Crippen molar-refractivity contribution in [2.24, 2.45) is 5.73 Å². The van der Waals surface area contributed by atoms with Crippen LogP contribution in [0.1, 0.15) is 23.6 Å². The number of nitrogens with two attached hydrogens (primary N) is 1. The Bertz CT molecular complexity index is 570. The van der Waals surface area contributed by atoms with Crippen LogP contribution in [-0.4, -0.2) is 5.91 Å². The van der Waals surface area contributed by atoms with E-state index >= 15 is 0 Å². The summed E-state index contributed by atoms with van der Waals surface area (Å²) in [5.41, 5.74) is 6.56. The molecule has 2 rings (SSSR count). The molecule has 0 aliphatic carbocycles. The summed E-state index contributed by atoms with van der Waals surface area (Å²) in [6.45, 7) is 0. The topological polar surface area (TPSA) is 55.1 Å². The van der Waals surface area contributed by atoms with Gasteiger partial charge in [-0.05, 0) is 17.7 Å². The molecule has 0 aliphatic heterocycles. The number of para-hydroxylation sites is 1. The Morgan fingerprint density at radius 1 is 0.950 bits per heavy atom. The summed E-state index contributed by atoms with van der Waals surface area (Å²) in [7, 11) is 0. The van der Waals surface area contributed by atoms with Crippen LogP contribution in [0.15, 0.2) is 54.6 Å². The van der Waals surface area contributed by atoms with Gasteiger partial charge in [-0.1, -0.05) is 42.5 Å². The summed E-state index contributed by atoms with van der Waals surface area (Å²) < 4.78 is 25.0. The van der Waals surface area contributed by atoms with E-state index in [0.29, 0.717) is 5.56 Å². The molecule has 0 radical (unpaired) electrons. The molecule has 20 heavy (non-hydrogen) atoms. The third-order valence-electron chi connectivity index (χ3n) is 2.89. The van der Waals surface area contributed by atoms with Gasteiger partial charge in [0, 0.05) is 11.3 Å². The molecule has 104 valence electrons. The van der Waals surface area contributed by atoms with E-state index in [1.54, 1.807) is 12.1 Å². The van der Waals surface area contributed by atoms with Crippen LogP contribution in [-0.2, 0) is 4.79 Å². The highest BCUT2D eigenvalue weighted by Crippen LogP contribution is 2.23. The molecule has 0 spiro atoms. The second-order valence-electron chi connectivity index (χ2n) is 4.31. The minimum absolute atomic E-state index is 0.0864. The number of rotatable bonds is 5. The van der Waals surface area contributed by atoms with Crippen molar-refractivity contribution in [3.05, 3.63) is 65.7 Å². The Balaban J connectivity index is 2.22. The van der Waals surface area contributed by atoms with Crippen molar-refractivity contribution in [1.82, 2.24) is 0 Å². The van der Waals surface area contributed by atoms with Gasteiger partial charge in [0.1, 0.15) is 6.04 Å². The number of carbonyl (C=O) groups excluding carboxylic acids is 1. The molecule has 2 aromatic rings. The number of hydrogen-bond donors (Lipinski definition) is 2. The summed E-state index contributed by atoms with van der Waals surface area (Å²) in [6, 6.07) is 13.9. The minimum atomic E-state index is -2.53. The minimum Gasteiger partial charge on any atom is -0.370 e. The molecule has 3 nitrogen and oxygen atoms in total. The molecule has 5 heteroatoms. The molecule has 0 saturated carbocycles. The third-order valence-corrected chi connectivity index (χ3v) is 2.89. The number of alkyl halides is 2. The fourth-order valence-electron chi connectivity index (χ4n) is 1.85. The highest BCUT2D eigenvalue weighted by Gasteiger charge is 2.18. The van der Waals surface area contributed by atoms with E-state index in [0.717, 1.165) is 5.69 Å². The van der Waals surface area contributed by atoms with E-state index in [9.17, 15) is 13.6 Å². The molecular formula is C15H14F2N2O. The summed E-state index contributed by atoms with van der Waals surface area (Å²) in [5, 5.41) is 2.98. The second-order valence-corrected chi connectivity index (χ2v) is 4.31. The molecule has 0 fully saturated rings. The van der Waals surface area contributed by atoms with Crippen molar-refractivity contribution in [3.63, 3.8) is 0 Å². The van der Waals surface area contributed by atoms with Crippen LogP contribution in [0, 0.1) is 0 Å². The average Bonchev–Trinajstić information content (AvgIpc) is 2.45. The number of anilines is 1. The number of primary amides is 1. The highest BCUT2D eigenvalue weighted by atomic mass is 19.3. The van der Waals surface area contributed by atoms with Crippen LogP contribution in [0.2, 0.25) is 0 Å². The number of halogens is 2. The molecule has 1 unspecified atom stereocenters.